The molecule has 1 fully saturated rings. The smallest absolute Gasteiger partial charge is 0.303 e. The molecule has 0 bridgehead atoms. The molecule has 1 aliphatic carbocycles. The van der Waals surface area contributed by atoms with Gasteiger partial charge in [-0.05, 0) is 32.1 Å². The van der Waals surface area contributed by atoms with Crippen molar-refractivity contribution in [3.05, 3.63) is 48.6 Å². The summed E-state index contributed by atoms with van der Waals surface area (Å²) in [5, 5.41) is 28.8. The second-order valence-corrected chi connectivity index (χ2v) is 6.84. The molecule has 5 heteroatoms. The van der Waals surface area contributed by atoms with E-state index in [1.165, 1.54) is 0 Å². The number of carbonyl (C=O) groups is 2. The zero-order valence-corrected chi connectivity index (χ0v) is 16.0. The van der Waals surface area contributed by atoms with Gasteiger partial charge in [-0.1, -0.05) is 55.5 Å². The third-order valence-electron chi connectivity index (χ3n) is 4.60. The summed E-state index contributed by atoms with van der Waals surface area (Å²) < 4.78 is 0. The molecule has 3 N–H and O–H groups in total. The maximum Gasteiger partial charge on any atom is 0.303 e. The summed E-state index contributed by atoms with van der Waals surface area (Å²) >= 11 is 0. The summed E-state index contributed by atoms with van der Waals surface area (Å²) in [5.74, 6) is -1.50. The first kappa shape index (κ1) is 23.1. The Balaban J connectivity index is 2.50. The van der Waals surface area contributed by atoms with Crippen LogP contribution in [0.1, 0.15) is 51.9 Å². The molecule has 0 heterocycles. The maximum atomic E-state index is 12.1. The molecule has 0 saturated heterocycles. The average Bonchev–Trinajstić information content (AvgIpc) is 2.88. The van der Waals surface area contributed by atoms with Gasteiger partial charge < -0.3 is 15.3 Å². The number of allylic oxidation sites excluding steroid dienone is 6. The van der Waals surface area contributed by atoms with Crippen LogP contribution in [0.2, 0.25) is 0 Å². The van der Waals surface area contributed by atoms with Crippen LogP contribution in [0.25, 0.3) is 0 Å². The van der Waals surface area contributed by atoms with Crippen LogP contribution in [0.3, 0.4) is 0 Å². The molecule has 27 heavy (non-hydrogen) atoms. The molecular formula is C22H32O5. The highest BCUT2D eigenvalue weighted by Crippen LogP contribution is 2.33. The normalized spacial score (nSPS) is 24.9. The highest BCUT2D eigenvalue weighted by molar-refractivity contribution is 5.86. The number of carboxylic acids is 1. The van der Waals surface area contributed by atoms with Gasteiger partial charge in [-0.15, -0.1) is 0 Å². The number of Topliss-reactive ketones (excluding diaryl/α,β-unsaturated/α-hetero) is 1. The van der Waals surface area contributed by atoms with E-state index in [-0.39, 0.29) is 24.5 Å². The number of aliphatic carboxylic acids is 1. The van der Waals surface area contributed by atoms with E-state index in [0.717, 1.165) is 12.8 Å². The number of ketones is 1. The molecule has 4 atom stereocenters. The van der Waals surface area contributed by atoms with E-state index < -0.39 is 24.1 Å². The second-order valence-electron chi connectivity index (χ2n) is 6.84. The maximum absolute atomic E-state index is 12.1. The molecule has 0 aromatic rings. The van der Waals surface area contributed by atoms with Crippen LogP contribution in [0.15, 0.2) is 48.6 Å². The number of carboxylic acid groups (broad SMARTS) is 1. The van der Waals surface area contributed by atoms with Crippen LogP contribution in [-0.4, -0.2) is 39.3 Å². The Labute approximate surface area is 161 Å². The predicted molar refractivity (Wildman–Crippen MR) is 106 cm³/mol. The van der Waals surface area contributed by atoms with Gasteiger partial charge in [0.25, 0.3) is 0 Å². The molecule has 0 aromatic carbocycles. The van der Waals surface area contributed by atoms with Gasteiger partial charge in [0.2, 0.25) is 0 Å². The summed E-state index contributed by atoms with van der Waals surface area (Å²) in [4.78, 5) is 22.6. The van der Waals surface area contributed by atoms with Crippen molar-refractivity contribution in [2.75, 3.05) is 0 Å². The number of aliphatic hydroxyl groups is 2. The van der Waals surface area contributed by atoms with E-state index in [9.17, 15) is 19.8 Å². The van der Waals surface area contributed by atoms with Crippen LogP contribution < -0.4 is 0 Å². The Bertz CT molecular complexity index is 573. The molecule has 1 rings (SSSR count). The molecule has 1 saturated carbocycles. The molecule has 0 unspecified atom stereocenters. The van der Waals surface area contributed by atoms with E-state index >= 15 is 0 Å². The molecule has 0 spiro atoms. The molecule has 0 aromatic heterocycles. The Morgan fingerprint density at radius 1 is 1.19 bits per heavy atom. The van der Waals surface area contributed by atoms with Crippen molar-refractivity contribution in [3.63, 3.8) is 0 Å². The van der Waals surface area contributed by atoms with Crippen molar-refractivity contribution in [2.45, 2.75) is 64.1 Å². The molecule has 150 valence electrons. The Morgan fingerprint density at radius 3 is 2.63 bits per heavy atom. The lowest BCUT2D eigenvalue weighted by atomic mass is 9.90. The molecular weight excluding hydrogens is 344 g/mol. The molecule has 0 aliphatic heterocycles. The minimum atomic E-state index is -0.846. The number of aliphatic hydroxyl groups excluding tert-OH is 2. The summed E-state index contributed by atoms with van der Waals surface area (Å²) in [5.41, 5.74) is 0. The van der Waals surface area contributed by atoms with Crippen LogP contribution in [0, 0.1) is 11.8 Å². The van der Waals surface area contributed by atoms with Gasteiger partial charge in [0.05, 0.1) is 12.2 Å². The fourth-order valence-electron chi connectivity index (χ4n) is 3.10. The fourth-order valence-corrected chi connectivity index (χ4v) is 3.10. The van der Waals surface area contributed by atoms with Crippen molar-refractivity contribution in [2.24, 2.45) is 11.8 Å². The standard InChI is InChI=1S/C22H32O5/c1-2-3-4-5-6-8-11-17(23)14-15-19-18(20(24)16-21(19)25)12-9-7-10-13-22(26)27/h3-4,6-9,14-15,17-20,23-24H,2,5,10-13,16H2,1H3,(H,26,27)/b4-3-,8-6-,9-7-,15-14+/t17-,18+,19+,20+/m0/s1. The molecule has 1 aliphatic rings. The number of rotatable bonds is 12. The SMILES string of the molecule is CC/C=C\C/C=C\C[C@H](O)/C=C/[C@H]1C(=O)C[C@@H](O)[C@@H]1C/C=C\CCC(=O)O. The Hall–Kier alpha value is -1.98. The van der Waals surface area contributed by atoms with Crippen molar-refractivity contribution >= 4 is 11.8 Å². The van der Waals surface area contributed by atoms with Crippen molar-refractivity contribution in [3.8, 4) is 0 Å². The summed E-state index contributed by atoms with van der Waals surface area (Å²) in [6, 6.07) is 0. The summed E-state index contributed by atoms with van der Waals surface area (Å²) in [6.45, 7) is 2.08. The zero-order valence-electron chi connectivity index (χ0n) is 16.0. The van der Waals surface area contributed by atoms with E-state index in [0.29, 0.717) is 19.3 Å². The molecule has 0 amide bonds. The highest BCUT2D eigenvalue weighted by Gasteiger charge is 2.39. The number of carbonyl (C=O) groups excluding carboxylic acids is 1. The largest absolute Gasteiger partial charge is 0.481 e. The Morgan fingerprint density at radius 2 is 1.93 bits per heavy atom. The summed E-state index contributed by atoms with van der Waals surface area (Å²) in [7, 11) is 0. The Kier molecular flexibility index (Phi) is 11.3. The first-order valence-electron chi connectivity index (χ1n) is 9.69. The van der Waals surface area contributed by atoms with E-state index in [4.69, 9.17) is 5.11 Å². The topological polar surface area (TPSA) is 94.8 Å². The quantitative estimate of drug-likeness (QED) is 0.453. The minimum Gasteiger partial charge on any atom is -0.481 e. The van der Waals surface area contributed by atoms with Crippen LogP contribution >= 0.6 is 0 Å². The highest BCUT2D eigenvalue weighted by atomic mass is 16.4. The van der Waals surface area contributed by atoms with E-state index in [2.05, 4.69) is 19.1 Å². The van der Waals surface area contributed by atoms with Gasteiger partial charge >= 0.3 is 5.97 Å². The van der Waals surface area contributed by atoms with Crippen molar-refractivity contribution in [1.29, 1.82) is 0 Å². The van der Waals surface area contributed by atoms with Crippen LogP contribution in [0.5, 0.6) is 0 Å². The first-order valence-corrected chi connectivity index (χ1v) is 9.69. The average molecular weight is 376 g/mol. The fraction of sp³-hybridized carbons (Fsp3) is 0.545. The van der Waals surface area contributed by atoms with Gasteiger partial charge in [0.15, 0.2) is 0 Å². The van der Waals surface area contributed by atoms with Gasteiger partial charge in [0.1, 0.15) is 5.78 Å². The lowest BCUT2D eigenvalue weighted by Crippen LogP contribution is -2.19. The monoisotopic (exact) mass is 376 g/mol. The third kappa shape index (κ3) is 9.50. The van der Waals surface area contributed by atoms with Crippen LogP contribution in [0.4, 0.5) is 0 Å². The second kappa shape index (κ2) is 13.2. The summed E-state index contributed by atoms with van der Waals surface area (Å²) in [6.07, 6.45) is 17.2. The third-order valence-corrected chi connectivity index (χ3v) is 4.60. The zero-order chi connectivity index (χ0) is 20.1. The van der Waals surface area contributed by atoms with E-state index in [1.807, 2.05) is 18.2 Å². The number of hydrogen-bond donors (Lipinski definition) is 3. The van der Waals surface area contributed by atoms with Gasteiger partial charge in [-0.2, -0.15) is 0 Å². The van der Waals surface area contributed by atoms with Gasteiger partial charge in [-0.25, -0.2) is 0 Å². The minimum absolute atomic E-state index is 0.0184. The van der Waals surface area contributed by atoms with Gasteiger partial charge in [-0.3, -0.25) is 9.59 Å². The lowest BCUT2D eigenvalue weighted by molar-refractivity contribution is -0.136. The van der Waals surface area contributed by atoms with E-state index in [1.54, 1.807) is 18.2 Å². The number of hydrogen-bond acceptors (Lipinski definition) is 4. The first-order chi connectivity index (χ1) is 13.0. The predicted octanol–water partition coefficient (Wildman–Crippen LogP) is 3.58. The van der Waals surface area contributed by atoms with Crippen molar-refractivity contribution in [1.82, 2.24) is 0 Å². The molecule has 5 nitrogen and oxygen atoms in total. The van der Waals surface area contributed by atoms with Gasteiger partial charge in [0, 0.05) is 24.7 Å². The van der Waals surface area contributed by atoms with Crippen molar-refractivity contribution < 1.29 is 24.9 Å². The lowest BCUT2D eigenvalue weighted by Gasteiger charge is -2.16. The molecule has 0 radical (unpaired) electrons. The van der Waals surface area contributed by atoms with Crippen LogP contribution in [-0.2, 0) is 9.59 Å².